The maximum absolute atomic E-state index is 11.3. The van der Waals surface area contributed by atoms with Crippen molar-refractivity contribution in [2.45, 2.75) is 13.0 Å². The number of hydrogen-bond acceptors (Lipinski definition) is 4. The Labute approximate surface area is 101 Å². The molecule has 5 heteroatoms. The zero-order valence-corrected chi connectivity index (χ0v) is 9.87. The Kier molecular flexibility index (Phi) is 6.72. The first-order chi connectivity index (χ1) is 7.19. The number of aliphatic hydroxyl groups is 1. The lowest BCUT2D eigenvalue weighted by atomic mass is 10.1. The Morgan fingerprint density at radius 1 is 1.44 bits per heavy atom. The Balaban J connectivity index is 0.00000225. The number of nitrogens with two attached hydrogens (primary N) is 1. The van der Waals surface area contributed by atoms with E-state index >= 15 is 0 Å². The standard InChI is InChI=1S/C11H15NO3.ClH/c1-2-15-11(14)9-5-3-8(4-6-9)10(12)7-13;/h3-6,10,13H,2,7,12H2,1H3;1H/t10-;/m1./s1. The highest BCUT2D eigenvalue weighted by Gasteiger charge is 2.08. The van der Waals surface area contributed by atoms with Gasteiger partial charge in [0.1, 0.15) is 0 Å². The Bertz CT molecular complexity index is 327. The molecule has 3 N–H and O–H groups in total. The third-order valence-corrected chi connectivity index (χ3v) is 2.05. The molecule has 0 aromatic heterocycles. The molecule has 0 saturated heterocycles. The van der Waals surface area contributed by atoms with Crippen molar-refractivity contribution < 1.29 is 14.6 Å². The zero-order chi connectivity index (χ0) is 11.3. The second-order valence-electron chi connectivity index (χ2n) is 3.13. The number of carbonyl (C=O) groups excluding carboxylic acids is 1. The third-order valence-electron chi connectivity index (χ3n) is 2.05. The summed E-state index contributed by atoms with van der Waals surface area (Å²) in [6.07, 6.45) is 0. The summed E-state index contributed by atoms with van der Waals surface area (Å²) in [6, 6.07) is 6.31. The number of hydrogen-bond donors (Lipinski definition) is 2. The van der Waals surface area contributed by atoms with E-state index in [2.05, 4.69) is 0 Å². The largest absolute Gasteiger partial charge is 0.462 e. The molecule has 0 fully saturated rings. The van der Waals surface area contributed by atoms with E-state index in [1.165, 1.54) is 0 Å². The number of carbonyl (C=O) groups is 1. The summed E-state index contributed by atoms with van der Waals surface area (Å²) in [7, 11) is 0. The smallest absolute Gasteiger partial charge is 0.338 e. The summed E-state index contributed by atoms with van der Waals surface area (Å²) < 4.78 is 4.84. The van der Waals surface area contributed by atoms with Crippen LogP contribution in [-0.2, 0) is 4.74 Å². The van der Waals surface area contributed by atoms with Gasteiger partial charge in [0.05, 0.1) is 24.8 Å². The predicted octanol–water partition coefficient (Wildman–Crippen LogP) is 1.28. The normalized spacial score (nSPS) is 11.4. The SMILES string of the molecule is CCOC(=O)c1ccc([C@H](N)CO)cc1.Cl. The minimum absolute atomic E-state index is 0. The molecule has 0 unspecified atom stereocenters. The Hall–Kier alpha value is -1.10. The van der Waals surface area contributed by atoms with Gasteiger partial charge in [-0.15, -0.1) is 12.4 Å². The van der Waals surface area contributed by atoms with Crippen LogP contribution in [0.3, 0.4) is 0 Å². The Morgan fingerprint density at radius 3 is 2.44 bits per heavy atom. The highest BCUT2D eigenvalue weighted by Crippen LogP contribution is 2.11. The van der Waals surface area contributed by atoms with Gasteiger partial charge >= 0.3 is 5.97 Å². The van der Waals surface area contributed by atoms with Crippen molar-refractivity contribution >= 4 is 18.4 Å². The monoisotopic (exact) mass is 245 g/mol. The van der Waals surface area contributed by atoms with E-state index < -0.39 is 6.04 Å². The van der Waals surface area contributed by atoms with Gasteiger partial charge in [-0.1, -0.05) is 12.1 Å². The molecular weight excluding hydrogens is 230 g/mol. The molecule has 0 amide bonds. The quantitative estimate of drug-likeness (QED) is 0.784. The van der Waals surface area contributed by atoms with Crippen LogP contribution in [0.25, 0.3) is 0 Å². The third kappa shape index (κ3) is 3.81. The number of halogens is 1. The van der Waals surface area contributed by atoms with Crippen LogP contribution in [0.5, 0.6) is 0 Å². The van der Waals surface area contributed by atoms with Crippen LogP contribution in [0.2, 0.25) is 0 Å². The van der Waals surface area contributed by atoms with Gasteiger partial charge in [-0.25, -0.2) is 4.79 Å². The van der Waals surface area contributed by atoms with E-state index in [9.17, 15) is 4.79 Å². The average Bonchev–Trinajstić information content (AvgIpc) is 2.28. The topological polar surface area (TPSA) is 72.5 Å². The van der Waals surface area contributed by atoms with Gasteiger partial charge in [0.15, 0.2) is 0 Å². The van der Waals surface area contributed by atoms with Gasteiger partial charge in [-0.05, 0) is 24.6 Å². The first kappa shape index (κ1) is 14.9. The second-order valence-corrected chi connectivity index (χ2v) is 3.13. The molecular formula is C11H16ClNO3. The maximum atomic E-state index is 11.3. The predicted molar refractivity (Wildman–Crippen MR) is 63.7 cm³/mol. The number of aliphatic hydroxyl groups excluding tert-OH is 1. The lowest BCUT2D eigenvalue weighted by Gasteiger charge is -2.08. The summed E-state index contributed by atoms with van der Waals surface area (Å²) in [6.45, 7) is 2.00. The molecule has 0 aliphatic rings. The molecule has 0 radical (unpaired) electrons. The van der Waals surface area contributed by atoms with E-state index in [1.807, 2.05) is 0 Å². The van der Waals surface area contributed by atoms with Gasteiger partial charge in [-0.3, -0.25) is 0 Å². The summed E-state index contributed by atoms with van der Waals surface area (Å²) in [5.41, 5.74) is 6.90. The molecule has 0 spiro atoms. The molecule has 0 saturated carbocycles. The van der Waals surface area contributed by atoms with Gasteiger partial charge < -0.3 is 15.6 Å². The highest BCUT2D eigenvalue weighted by molar-refractivity contribution is 5.89. The Morgan fingerprint density at radius 2 is 2.00 bits per heavy atom. The van der Waals surface area contributed by atoms with Crippen LogP contribution in [0.4, 0.5) is 0 Å². The van der Waals surface area contributed by atoms with Gasteiger partial charge in [0.25, 0.3) is 0 Å². The minimum Gasteiger partial charge on any atom is -0.462 e. The first-order valence-electron chi connectivity index (χ1n) is 4.82. The maximum Gasteiger partial charge on any atom is 0.338 e. The lowest BCUT2D eigenvalue weighted by Crippen LogP contribution is -2.14. The summed E-state index contributed by atoms with van der Waals surface area (Å²) in [4.78, 5) is 11.3. The van der Waals surface area contributed by atoms with E-state index in [-0.39, 0.29) is 25.0 Å². The fraction of sp³-hybridized carbons (Fsp3) is 0.364. The van der Waals surface area contributed by atoms with Crippen molar-refractivity contribution in [3.05, 3.63) is 35.4 Å². The summed E-state index contributed by atoms with van der Waals surface area (Å²) in [5, 5.41) is 8.83. The average molecular weight is 246 g/mol. The van der Waals surface area contributed by atoms with E-state index in [1.54, 1.807) is 31.2 Å². The molecule has 1 aromatic carbocycles. The summed E-state index contributed by atoms with van der Waals surface area (Å²) in [5.74, 6) is -0.346. The van der Waals surface area contributed by atoms with Crippen molar-refractivity contribution in [2.75, 3.05) is 13.2 Å². The molecule has 0 bridgehead atoms. The molecule has 16 heavy (non-hydrogen) atoms. The lowest BCUT2D eigenvalue weighted by molar-refractivity contribution is 0.0526. The molecule has 1 aromatic rings. The first-order valence-corrected chi connectivity index (χ1v) is 4.82. The van der Waals surface area contributed by atoms with E-state index in [0.29, 0.717) is 12.2 Å². The van der Waals surface area contributed by atoms with Crippen molar-refractivity contribution in [3.63, 3.8) is 0 Å². The van der Waals surface area contributed by atoms with E-state index in [0.717, 1.165) is 5.56 Å². The van der Waals surface area contributed by atoms with E-state index in [4.69, 9.17) is 15.6 Å². The molecule has 4 nitrogen and oxygen atoms in total. The fourth-order valence-corrected chi connectivity index (χ4v) is 1.19. The van der Waals surface area contributed by atoms with Crippen LogP contribution < -0.4 is 5.73 Å². The molecule has 0 heterocycles. The van der Waals surface area contributed by atoms with Crippen molar-refractivity contribution in [1.29, 1.82) is 0 Å². The van der Waals surface area contributed by atoms with Gasteiger partial charge in [0.2, 0.25) is 0 Å². The van der Waals surface area contributed by atoms with Crippen molar-refractivity contribution in [2.24, 2.45) is 5.73 Å². The number of ether oxygens (including phenoxy) is 1. The zero-order valence-electron chi connectivity index (χ0n) is 9.05. The number of rotatable bonds is 4. The number of esters is 1. The second kappa shape index (κ2) is 7.22. The van der Waals surface area contributed by atoms with Crippen molar-refractivity contribution in [3.8, 4) is 0 Å². The molecule has 1 atom stereocenters. The van der Waals surface area contributed by atoms with Crippen LogP contribution in [0.1, 0.15) is 28.9 Å². The van der Waals surface area contributed by atoms with Crippen LogP contribution in [0, 0.1) is 0 Å². The summed E-state index contributed by atoms with van der Waals surface area (Å²) >= 11 is 0. The fourth-order valence-electron chi connectivity index (χ4n) is 1.19. The van der Waals surface area contributed by atoms with Gasteiger partial charge in [-0.2, -0.15) is 0 Å². The molecule has 90 valence electrons. The molecule has 1 rings (SSSR count). The van der Waals surface area contributed by atoms with Crippen LogP contribution >= 0.6 is 12.4 Å². The number of benzene rings is 1. The van der Waals surface area contributed by atoms with Crippen molar-refractivity contribution in [1.82, 2.24) is 0 Å². The van der Waals surface area contributed by atoms with Crippen LogP contribution in [0.15, 0.2) is 24.3 Å². The minimum atomic E-state index is -0.402. The van der Waals surface area contributed by atoms with Crippen LogP contribution in [-0.4, -0.2) is 24.3 Å². The highest BCUT2D eigenvalue weighted by atomic mass is 35.5. The van der Waals surface area contributed by atoms with Gasteiger partial charge in [0, 0.05) is 0 Å². The molecule has 0 aliphatic carbocycles. The molecule has 0 aliphatic heterocycles.